The molecule has 3 saturated heterocycles. The first kappa shape index (κ1) is 13.6. The molecular formula is C14H18O6. The number of carbonyl (C=O) groups is 2. The number of hydrogen-bond donors (Lipinski definition) is 0. The van der Waals surface area contributed by atoms with Gasteiger partial charge in [-0.3, -0.25) is 4.79 Å². The Morgan fingerprint density at radius 2 is 2.00 bits per heavy atom. The fourth-order valence-corrected chi connectivity index (χ4v) is 3.31. The van der Waals surface area contributed by atoms with E-state index in [0.29, 0.717) is 12.2 Å². The van der Waals surface area contributed by atoms with Gasteiger partial charge in [-0.2, -0.15) is 0 Å². The molecule has 110 valence electrons. The second-order valence-corrected chi connectivity index (χ2v) is 5.64. The highest BCUT2D eigenvalue weighted by molar-refractivity contribution is 5.87. The number of hydrogen-bond acceptors (Lipinski definition) is 6. The molecule has 3 heterocycles. The van der Waals surface area contributed by atoms with Crippen LogP contribution in [0.15, 0.2) is 12.2 Å². The van der Waals surface area contributed by atoms with Crippen LogP contribution in [0.2, 0.25) is 0 Å². The molecule has 0 amide bonds. The number of ether oxygens (including phenoxy) is 4. The third-order valence-electron chi connectivity index (χ3n) is 4.23. The van der Waals surface area contributed by atoms with Gasteiger partial charge in [-0.05, 0) is 6.92 Å². The van der Waals surface area contributed by atoms with Crippen molar-refractivity contribution in [2.75, 3.05) is 13.2 Å². The quantitative estimate of drug-likeness (QED) is 0.551. The molecule has 3 aliphatic heterocycles. The van der Waals surface area contributed by atoms with E-state index in [9.17, 15) is 9.59 Å². The number of fused-ring (bicyclic) bond motifs is 1. The van der Waals surface area contributed by atoms with Crippen molar-refractivity contribution in [3.63, 3.8) is 0 Å². The molecule has 3 aliphatic rings. The second-order valence-electron chi connectivity index (χ2n) is 5.64. The molecule has 3 rings (SSSR count). The minimum Gasteiger partial charge on any atom is -0.465 e. The molecule has 2 bridgehead atoms. The molecule has 0 radical (unpaired) electrons. The van der Waals surface area contributed by atoms with E-state index in [4.69, 9.17) is 18.9 Å². The van der Waals surface area contributed by atoms with Gasteiger partial charge < -0.3 is 18.9 Å². The van der Waals surface area contributed by atoms with Gasteiger partial charge >= 0.3 is 11.9 Å². The molecule has 3 fully saturated rings. The maximum atomic E-state index is 11.7. The van der Waals surface area contributed by atoms with Crippen molar-refractivity contribution in [3.8, 4) is 0 Å². The smallest absolute Gasteiger partial charge is 0.333 e. The van der Waals surface area contributed by atoms with Gasteiger partial charge in [0, 0.05) is 24.3 Å². The summed E-state index contributed by atoms with van der Waals surface area (Å²) >= 11 is 0. The minimum atomic E-state index is -0.441. The molecule has 0 aromatic heterocycles. The third-order valence-corrected chi connectivity index (χ3v) is 4.23. The molecule has 0 aromatic rings. The van der Waals surface area contributed by atoms with E-state index >= 15 is 0 Å². The van der Waals surface area contributed by atoms with Crippen LogP contribution in [0.1, 0.15) is 13.8 Å². The Balaban J connectivity index is 1.72. The maximum absolute atomic E-state index is 11.7. The van der Waals surface area contributed by atoms with E-state index in [1.807, 2.05) is 0 Å². The van der Waals surface area contributed by atoms with Gasteiger partial charge in [0.05, 0.1) is 19.3 Å². The first-order valence-corrected chi connectivity index (χ1v) is 6.76. The van der Waals surface area contributed by atoms with E-state index in [1.165, 1.54) is 6.92 Å². The zero-order valence-electron chi connectivity index (χ0n) is 11.5. The van der Waals surface area contributed by atoms with Crippen LogP contribution in [0.3, 0.4) is 0 Å². The van der Waals surface area contributed by atoms with Gasteiger partial charge in [-0.25, -0.2) is 4.79 Å². The van der Waals surface area contributed by atoms with E-state index in [2.05, 4.69) is 6.58 Å². The molecule has 0 aromatic carbocycles. The van der Waals surface area contributed by atoms with Crippen molar-refractivity contribution in [3.05, 3.63) is 12.2 Å². The van der Waals surface area contributed by atoms with Crippen LogP contribution in [0.25, 0.3) is 0 Å². The average Bonchev–Trinajstić information content (AvgIpc) is 2.97. The first-order chi connectivity index (χ1) is 9.49. The van der Waals surface area contributed by atoms with E-state index in [1.54, 1.807) is 6.92 Å². The van der Waals surface area contributed by atoms with Crippen molar-refractivity contribution in [1.82, 2.24) is 0 Å². The normalized spacial score (nSPS) is 40.7. The molecular weight excluding hydrogens is 264 g/mol. The summed E-state index contributed by atoms with van der Waals surface area (Å²) in [5, 5.41) is 0. The Hall–Kier alpha value is -1.40. The summed E-state index contributed by atoms with van der Waals surface area (Å²) in [7, 11) is 0. The van der Waals surface area contributed by atoms with Crippen LogP contribution in [-0.4, -0.2) is 49.6 Å². The van der Waals surface area contributed by atoms with Crippen LogP contribution in [-0.2, 0) is 28.5 Å². The van der Waals surface area contributed by atoms with Crippen LogP contribution in [0.4, 0.5) is 0 Å². The Morgan fingerprint density at radius 3 is 2.65 bits per heavy atom. The monoisotopic (exact) mass is 282 g/mol. The SMILES string of the molecule is C=C(C)C(=O)OC1C2OC3C(COC31)C2COC(C)=O. The fraction of sp³-hybridized carbons (Fsp3) is 0.714. The van der Waals surface area contributed by atoms with E-state index in [-0.39, 0.29) is 42.7 Å². The lowest BCUT2D eigenvalue weighted by molar-refractivity contribution is -0.154. The van der Waals surface area contributed by atoms with Crippen molar-refractivity contribution in [1.29, 1.82) is 0 Å². The lowest BCUT2D eigenvalue weighted by atomic mass is 9.79. The summed E-state index contributed by atoms with van der Waals surface area (Å²) in [6.07, 6.45) is -0.978. The molecule has 6 heteroatoms. The molecule has 0 N–H and O–H groups in total. The minimum absolute atomic E-state index is 0.0190. The van der Waals surface area contributed by atoms with Crippen LogP contribution < -0.4 is 0 Å². The predicted octanol–water partition coefficient (Wildman–Crippen LogP) is 0.450. The molecule has 6 atom stereocenters. The lowest BCUT2D eigenvalue weighted by Gasteiger charge is -2.29. The summed E-state index contributed by atoms with van der Waals surface area (Å²) in [4.78, 5) is 22.7. The maximum Gasteiger partial charge on any atom is 0.333 e. The fourth-order valence-electron chi connectivity index (χ4n) is 3.31. The molecule has 0 saturated carbocycles. The second kappa shape index (κ2) is 4.86. The predicted molar refractivity (Wildman–Crippen MR) is 66.7 cm³/mol. The van der Waals surface area contributed by atoms with Crippen molar-refractivity contribution < 1.29 is 28.5 Å². The summed E-state index contributed by atoms with van der Waals surface area (Å²) in [6.45, 7) is 7.38. The number of esters is 2. The topological polar surface area (TPSA) is 71.1 Å². The Morgan fingerprint density at radius 1 is 1.25 bits per heavy atom. The van der Waals surface area contributed by atoms with Crippen LogP contribution >= 0.6 is 0 Å². The Labute approximate surface area is 117 Å². The van der Waals surface area contributed by atoms with Crippen molar-refractivity contribution >= 4 is 11.9 Å². The van der Waals surface area contributed by atoms with Crippen molar-refractivity contribution in [2.24, 2.45) is 11.8 Å². The van der Waals surface area contributed by atoms with Gasteiger partial charge in [-0.1, -0.05) is 6.58 Å². The largest absolute Gasteiger partial charge is 0.465 e. The highest BCUT2D eigenvalue weighted by Crippen LogP contribution is 2.50. The zero-order chi connectivity index (χ0) is 14.4. The van der Waals surface area contributed by atoms with Gasteiger partial charge in [0.1, 0.15) is 12.2 Å². The summed E-state index contributed by atoms with van der Waals surface area (Å²) in [5.74, 6) is -0.530. The van der Waals surface area contributed by atoms with Gasteiger partial charge in [0.25, 0.3) is 0 Å². The van der Waals surface area contributed by atoms with Gasteiger partial charge in [-0.15, -0.1) is 0 Å². The van der Waals surface area contributed by atoms with E-state index in [0.717, 1.165) is 0 Å². The molecule has 0 aliphatic carbocycles. The lowest BCUT2D eigenvalue weighted by Crippen LogP contribution is -2.46. The first-order valence-electron chi connectivity index (χ1n) is 6.76. The summed E-state index contributed by atoms with van der Waals surface area (Å²) in [5.41, 5.74) is 0.346. The standard InChI is InChI=1S/C14H18O6/c1-6(2)14(16)20-13-11-8(4-17-7(3)15)9-5-18-12(13)10(9)19-11/h8-13H,1,4-5H2,2-3H3. The summed E-state index contributed by atoms with van der Waals surface area (Å²) in [6, 6.07) is 0. The number of carbonyl (C=O) groups excluding carboxylic acids is 2. The summed E-state index contributed by atoms with van der Waals surface area (Å²) < 4.78 is 22.1. The highest BCUT2D eigenvalue weighted by Gasteiger charge is 2.65. The van der Waals surface area contributed by atoms with E-state index < -0.39 is 12.1 Å². The average molecular weight is 282 g/mol. The molecule has 6 unspecified atom stereocenters. The number of rotatable bonds is 4. The Kier molecular flexibility index (Phi) is 3.30. The molecule has 0 spiro atoms. The van der Waals surface area contributed by atoms with Crippen LogP contribution in [0, 0.1) is 11.8 Å². The molecule has 20 heavy (non-hydrogen) atoms. The van der Waals surface area contributed by atoms with Gasteiger partial charge in [0.2, 0.25) is 0 Å². The third kappa shape index (κ3) is 2.03. The Bertz CT molecular complexity index is 459. The highest BCUT2D eigenvalue weighted by atomic mass is 16.6. The van der Waals surface area contributed by atoms with Crippen LogP contribution in [0.5, 0.6) is 0 Å². The molecule has 6 nitrogen and oxygen atoms in total. The zero-order valence-corrected chi connectivity index (χ0v) is 11.5. The van der Waals surface area contributed by atoms with Gasteiger partial charge in [0.15, 0.2) is 6.10 Å². The van der Waals surface area contributed by atoms with Crippen molar-refractivity contribution in [2.45, 2.75) is 38.3 Å².